The Labute approximate surface area is 533 Å². The van der Waals surface area contributed by atoms with Crippen molar-refractivity contribution in [2.24, 2.45) is 57.1 Å². The molecule has 1 aliphatic heterocycles. The van der Waals surface area contributed by atoms with Crippen LogP contribution in [0.5, 0.6) is 0 Å². The largest absolute Gasteiger partial charge is 0.386 e. The van der Waals surface area contributed by atoms with Crippen molar-refractivity contribution in [2.75, 3.05) is 26.2 Å². The van der Waals surface area contributed by atoms with E-state index in [0.29, 0.717) is 36.8 Å². The van der Waals surface area contributed by atoms with Crippen LogP contribution in [0, 0.1) is 17.8 Å². The van der Waals surface area contributed by atoms with Gasteiger partial charge in [-0.3, -0.25) is 57.7 Å². The maximum atomic E-state index is 14.9. The highest BCUT2D eigenvalue weighted by Crippen LogP contribution is 2.16. The molecule has 0 radical (unpaired) electrons. The Kier molecular flexibility index (Phi) is 33.6. The Hall–Kier alpha value is -8.86. The van der Waals surface area contributed by atoms with Gasteiger partial charge in [0.25, 0.3) is 0 Å². The minimum Gasteiger partial charge on any atom is -0.386 e. The van der Waals surface area contributed by atoms with Gasteiger partial charge in [-0.1, -0.05) is 122 Å². The van der Waals surface area contributed by atoms with Crippen LogP contribution >= 0.6 is 0 Å². The molecule has 29 nitrogen and oxygen atoms in total. The molecule has 2 aromatic rings. The summed E-state index contributed by atoms with van der Waals surface area (Å²) >= 11 is 0. The fraction of sp³-hybridized carbons (Fsp3) is 0.581. The lowest BCUT2D eigenvalue weighted by Gasteiger charge is -2.31. The van der Waals surface area contributed by atoms with Gasteiger partial charge in [0, 0.05) is 38.9 Å². The number of nitrogens with one attached hydrogen (secondary N) is 11. The van der Waals surface area contributed by atoms with Gasteiger partial charge in [-0.2, -0.15) is 0 Å². The molecule has 0 aromatic heterocycles. The molecule has 3 rings (SSSR count). The zero-order chi connectivity index (χ0) is 67.7. The van der Waals surface area contributed by atoms with Gasteiger partial charge in [0.2, 0.25) is 65.0 Å². The number of nitrogens with zero attached hydrogens (tertiary/aromatic N) is 1. The van der Waals surface area contributed by atoms with E-state index in [-0.39, 0.29) is 89.2 Å². The maximum Gasteiger partial charge on any atom is 0.243 e. The van der Waals surface area contributed by atoms with Gasteiger partial charge < -0.3 is 92.9 Å². The maximum absolute atomic E-state index is 14.9. The number of hydrogen-bond donors (Lipinski definition) is 17. The van der Waals surface area contributed by atoms with Gasteiger partial charge in [-0.15, -0.1) is 0 Å². The number of carbonyl (C=O) groups excluding carboxylic acids is 11. The molecule has 1 aliphatic rings. The quantitative estimate of drug-likeness (QED) is 0.0306. The predicted octanol–water partition coefficient (Wildman–Crippen LogP) is -2.71. The van der Waals surface area contributed by atoms with E-state index >= 15 is 0 Å². The molecule has 0 aliphatic carbocycles. The minimum absolute atomic E-state index is 0.00374. The van der Waals surface area contributed by atoms with Crippen LogP contribution in [0.15, 0.2) is 78.1 Å². The van der Waals surface area contributed by atoms with Crippen molar-refractivity contribution >= 4 is 70.9 Å². The highest BCUT2D eigenvalue weighted by atomic mass is 16.2. The molecule has 1 heterocycles. The summed E-state index contributed by atoms with van der Waals surface area (Å²) in [5.74, 6) is -10.8. The van der Waals surface area contributed by atoms with Crippen molar-refractivity contribution in [1.29, 1.82) is 0 Å². The number of carbonyl (C=O) groups is 11. The number of amides is 11. The second-order valence-corrected chi connectivity index (χ2v) is 23.4. The van der Waals surface area contributed by atoms with E-state index in [1.807, 2.05) is 0 Å². The van der Waals surface area contributed by atoms with Crippen molar-refractivity contribution in [3.05, 3.63) is 84.2 Å². The number of primary amides is 1. The average Bonchev–Trinajstić information content (AvgIpc) is 2.13. The number of hydrogen-bond acceptors (Lipinski definition) is 16. The fourth-order valence-corrected chi connectivity index (χ4v) is 9.73. The highest BCUT2D eigenvalue weighted by Gasteiger charge is 2.38. The van der Waals surface area contributed by atoms with Gasteiger partial charge in [0.05, 0.1) is 11.9 Å². The monoisotopic (exact) mass is 1270 g/mol. The molecule has 23 N–H and O–H groups in total. The number of guanidine groups is 1. The highest BCUT2D eigenvalue weighted by molar-refractivity contribution is 5.99. The van der Waals surface area contributed by atoms with Crippen LogP contribution in [0.3, 0.4) is 0 Å². The average molecular weight is 1270 g/mol. The van der Waals surface area contributed by atoms with E-state index in [1.54, 1.807) is 102 Å². The zero-order valence-electron chi connectivity index (χ0n) is 53.4. The van der Waals surface area contributed by atoms with Crippen LogP contribution in [0.1, 0.15) is 123 Å². The second-order valence-electron chi connectivity index (χ2n) is 23.4. The molecule has 2 aromatic carbocycles. The molecule has 0 spiro atoms. The van der Waals surface area contributed by atoms with E-state index in [9.17, 15) is 52.7 Å². The van der Waals surface area contributed by atoms with E-state index in [1.165, 1.54) is 0 Å². The van der Waals surface area contributed by atoms with Crippen LogP contribution < -0.4 is 92.9 Å². The lowest BCUT2D eigenvalue weighted by Crippen LogP contribution is -2.62. The lowest BCUT2D eigenvalue weighted by molar-refractivity contribution is -0.137. The molecule has 91 heavy (non-hydrogen) atoms. The third-order valence-corrected chi connectivity index (χ3v) is 15.7. The molecule has 12 atom stereocenters. The summed E-state index contributed by atoms with van der Waals surface area (Å²) in [5, 5.41) is 30.0. The number of rotatable bonds is 23. The summed E-state index contributed by atoms with van der Waals surface area (Å²) in [6.07, 6.45) is 0.833. The first kappa shape index (κ1) is 76.4. The first-order chi connectivity index (χ1) is 43.2. The molecule has 504 valence electrons. The third kappa shape index (κ3) is 27.4. The SMILES string of the molecule is C=C(N)NCCC[C@@H]1NC(=O)[C@H]([C@@H](C)CC)NC(=O)[C@H](C(C)C)NC(=O)[C@H]([C@@H](C)CC)NC(=O)[C@@H](N)CCC(=O)NC[C@@H](C(N)=O)NC(=O)[C@H](CCCN=C(N)N)NC(=O)[C@H](Cc2ccccc2)NC(=O)[C@H](CCCCN)NC(=O)[C@H](Cc2ccccc2)NC1=O. The predicted molar refractivity (Wildman–Crippen MR) is 344 cm³/mol. The van der Waals surface area contributed by atoms with Gasteiger partial charge in [-0.05, 0) is 86.8 Å². The summed E-state index contributed by atoms with van der Waals surface area (Å²) in [4.78, 5) is 161. The van der Waals surface area contributed by atoms with Gasteiger partial charge in [0.15, 0.2) is 5.96 Å². The van der Waals surface area contributed by atoms with Crippen LogP contribution in [0.2, 0.25) is 0 Å². The topological polar surface area (TPSA) is 489 Å². The summed E-state index contributed by atoms with van der Waals surface area (Å²) in [7, 11) is 0. The van der Waals surface area contributed by atoms with E-state index < -0.39 is 150 Å². The molecule has 0 bridgehead atoms. The van der Waals surface area contributed by atoms with Crippen LogP contribution in [-0.4, -0.2) is 158 Å². The molecular formula is C62H100N18O11. The summed E-state index contributed by atoms with van der Waals surface area (Å²) in [5.41, 5.74) is 36.0. The molecule has 1 fully saturated rings. The van der Waals surface area contributed by atoms with Gasteiger partial charge >= 0.3 is 0 Å². The normalized spacial score (nSPS) is 24.4. The van der Waals surface area contributed by atoms with Crippen LogP contribution in [0.4, 0.5) is 0 Å². The molecule has 1 saturated heterocycles. The molecule has 0 unspecified atom stereocenters. The van der Waals surface area contributed by atoms with Crippen molar-refractivity contribution in [3.8, 4) is 0 Å². The summed E-state index contributed by atoms with van der Waals surface area (Å²) in [6, 6.07) is 3.66. The van der Waals surface area contributed by atoms with Crippen LogP contribution in [0.25, 0.3) is 0 Å². The number of aliphatic imine (C=N–C) groups is 1. The smallest absolute Gasteiger partial charge is 0.243 e. The van der Waals surface area contributed by atoms with E-state index in [0.717, 1.165) is 0 Å². The molecular weight excluding hydrogens is 1170 g/mol. The zero-order valence-corrected chi connectivity index (χ0v) is 53.4. The first-order valence-corrected chi connectivity index (χ1v) is 31.3. The van der Waals surface area contributed by atoms with Crippen molar-refractivity contribution in [1.82, 2.24) is 58.5 Å². The lowest BCUT2D eigenvalue weighted by atomic mass is 9.94. The first-order valence-electron chi connectivity index (χ1n) is 31.3. The van der Waals surface area contributed by atoms with Crippen molar-refractivity contribution in [3.63, 3.8) is 0 Å². The molecule has 29 heteroatoms. The van der Waals surface area contributed by atoms with E-state index in [4.69, 9.17) is 34.4 Å². The van der Waals surface area contributed by atoms with Gasteiger partial charge in [0.1, 0.15) is 54.4 Å². The Bertz CT molecular complexity index is 2770. The Morgan fingerprint density at radius 2 is 0.967 bits per heavy atom. The Morgan fingerprint density at radius 3 is 1.43 bits per heavy atom. The Balaban J connectivity index is 2.27. The minimum atomic E-state index is -1.55. The van der Waals surface area contributed by atoms with Crippen molar-refractivity contribution < 1.29 is 52.7 Å². The third-order valence-electron chi connectivity index (χ3n) is 15.7. The van der Waals surface area contributed by atoms with E-state index in [2.05, 4.69) is 70.1 Å². The van der Waals surface area contributed by atoms with Gasteiger partial charge in [-0.25, -0.2) is 0 Å². The Morgan fingerprint density at radius 1 is 0.549 bits per heavy atom. The van der Waals surface area contributed by atoms with Crippen molar-refractivity contribution in [2.45, 2.75) is 185 Å². The molecule has 0 saturated carbocycles. The number of unbranched alkanes of at least 4 members (excludes halogenated alkanes) is 1. The number of nitrogens with two attached hydrogens (primary N) is 6. The summed E-state index contributed by atoms with van der Waals surface area (Å²) in [6.45, 7) is 14.0. The fourth-order valence-electron chi connectivity index (χ4n) is 9.73. The summed E-state index contributed by atoms with van der Waals surface area (Å²) < 4.78 is 0. The van der Waals surface area contributed by atoms with Crippen LogP contribution in [-0.2, 0) is 65.6 Å². The molecule has 11 amide bonds. The second kappa shape index (κ2) is 40.0. The standard InChI is InChI=1S/C62H100N18O11/c1-8-36(5)50-60(90)74-44(25-18-30-69-38(7)64)55(85)76-45(32-39-20-12-10-13-21-39)57(87)72-42(24-16-17-29-63)54(84)75-46(33-40-22-14-11-15-23-40)58(88)73-43(26-19-31-70-62(67)68)56(86)77-47(52(66)82)34-71-48(81)28-27-41(65)53(83)79-51(37(6)9-2)61(91)78-49(35(3)4)59(89)80-50/h10-15,20-23,35-37,41-47,49-51,69H,7-9,16-19,24-34,63-65H2,1-6H3,(H2,66,82)(H,71,81)(H,72,87)(H,73,88)(H,74,90)(H,75,84)(H,76,85)(H,77,86)(H,78,91)(H,79,83)(H,80,89)(H4,67,68,70)/t36-,37-,41-,42-,43-,44-,45-,46-,47-,49-,50-,51-/m0/s1. The number of benzene rings is 2.